The maximum absolute atomic E-state index is 12.1. The Morgan fingerprint density at radius 3 is 2.46 bits per heavy atom. The maximum atomic E-state index is 12.1. The smallest absolute Gasteiger partial charge is 0.338 e. The Hall–Kier alpha value is -2.53. The predicted molar refractivity (Wildman–Crippen MR) is 110 cm³/mol. The summed E-state index contributed by atoms with van der Waals surface area (Å²) >= 11 is 0. The molecule has 5 nitrogen and oxygen atoms in total. The molecule has 150 valence electrons. The van der Waals surface area contributed by atoms with Crippen molar-refractivity contribution in [2.24, 2.45) is 0 Å². The number of piperidine rings is 1. The summed E-state index contributed by atoms with van der Waals surface area (Å²) in [5.41, 5.74) is 2.63. The van der Waals surface area contributed by atoms with Crippen molar-refractivity contribution in [1.82, 2.24) is 0 Å². The fourth-order valence-electron chi connectivity index (χ4n) is 3.61. The van der Waals surface area contributed by atoms with E-state index in [0.717, 1.165) is 12.0 Å². The molecule has 0 amide bonds. The van der Waals surface area contributed by atoms with E-state index in [9.17, 15) is 15.0 Å². The molecule has 0 aromatic heterocycles. The highest BCUT2D eigenvalue weighted by molar-refractivity contribution is 5.91. The van der Waals surface area contributed by atoms with Gasteiger partial charge in [0.1, 0.15) is 5.75 Å². The van der Waals surface area contributed by atoms with E-state index in [2.05, 4.69) is 31.2 Å². The van der Waals surface area contributed by atoms with Gasteiger partial charge in [-0.2, -0.15) is 0 Å². The lowest BCUT2D eigenvalue weighted by molar-refractivity contribution is 0.0164. The molecule has 1 heterocycles. The zero-order chi connectivity index (χ0) is 20.1. The Labute approximate surface area is 166 Å². The Bertz CT molecular complexity index is 808. The van der Waals surface area contributed by atoms with Gasteiger partial charge in [-0.15, -0.1) is 0 Å². The molecule has 2 N–H and O–H groups in total. The molecule has 0 spiro atoms. The van der Waals surface area contributed by atoms with Gasteiger partial charge in [0.25, 0.3) is 0 Å². The molecule has 3 rings (SSSR count). The Kier molecular flexibility index (Phi) is 6.25. The van der Waals surface area contributed by atoms with E-state index >= 15 is 0 Å². The van der Waals surface area contributed by atoms with Gasteiger partial charge < -0.3 is 19.8 Å². The molecule has 0 saturated carbocycles. The van der Waals surface area contributed by atoms with E-state index in [0.29, 0.717) is 50.2 Å². The van der Waals surface area contributed by atoms with Gasteiger partial charge in [0, 0.05) is 19.5 Å². The first-order valence-corrected chi connectivity index (χ1v) is 9.93. The van der Waals surface area contributed by atoms with Crippen molar-refractivity contribution in [1.29, 1.82) is 0 Å². The molecule has 1 saturated heterocycles. The second-order valence-corrected chi connectivity index (χ2v) is 7.71. The molecular formula is C23H29NO4. The molecule has 1 aliphatic heterocycles. The van der Waals surface area contributed by atoms with Crippen molar-refractivity contribution in [2.45, 2.75) is 45.1 Å². The molecule has 5 heteroatoms. The van der Waals surface area contributed by atoms with E-state index in [1.807, 2.05) is 11.8 Å². The van der Waals surface area contributed by atoms with Crippen LogP contribution in [0.15, 0.2) is 42.5 Å². The fraction of sp³-hybridized carbons (Fsp3) is 0.435. The van der Waals surface area contributed by atoms with Crippen LogP contribution < -0.4 is 4.90 Å². The van der Waals surface area contributed by atoms with Crippen molar-refractivity contribution in [2.75, 3.05) is 24.6 Å². The lowest BCUT2D eigenvalue weighted by atomic mass is 9.85. The number of aliphatic hydroxyl groups is 1. The fourth-order valence-corrected chi connectivity index (χ4v) is 3.61. The van der Waals surface area contributed by atoms with Crippen LogP contribution in [0, 0.1) is 6.92 Å². The average Bonchev–Trinajstić information content (AvgIpc) is 2.69. The highest BCUT2D eigenvalue weighted by Gasteiger charge is 2.33. The number of hydrogen-bond donors (Lipinski definition) is 2. The molecule has 1 fully saturated rings. The van der Waals surface area contributed by atoms with Crippen LogP contribution in [0.3, 0.4) is 0 Å². The number of phenolic OH excluding ortho intramolecular Hbond substituents is 1. The first-order chi connectivity index (χ1) is 13.4. The van der Waals surface area contributed by atoms with Crippen LogP contribution in [0.4, 0.5) is 5.69 Å². The number of carbonyl (C=O) groups is 1. The summed E-state index contributed by atoms with van der Waals surface area (Å²) < 4.78 is 5.19. The zero-order valence-electron chi connectivity index (χ0n) is 16.6. The average molecular weight is 383 g/mol. The Morgan fingerprint density at radius 1 is 1.14 bits per heavy atom. The van der Waals surface area contributed by atoms with Gasteiger partial charge in [-0.25, -0.2) is 4.79 Å². The number of hydrogen-bond acceptors (Lipinski definition) is 5. The second kappa shape index (κ2) is 8.65. The zero-order valence-corrected chi connectivity index (χ0v) is 16.6. The highest BCUT2D eigenvalue weighted by atomic mass is 16.5. The predicted octanol–water partition coefficient (Wildman–Crippen LogP) is 3.84. The molecular weight excluding hydrogens is 354 g/mol. The van der Waals surface area contributed by atoms with Crippen LogP contribution in [-0.2, 0) is 11.2 Å². The molecule has 2 aromatic carbocycles. The summed E-state index contributed by atoms with van der Waals surface area (Å²) in [6.07, 6.45) is 2.59. The molecule has 0 atom stereocenters. The first kappa shape index (κ1) is 20.2. The van der Waals surface area contributed by atoms with Gasteiger partial charge in [0.15, 0.2) is 0 Å². The van der Waals surface area contributed by atoms with Crippen LogP contribution in [0.1, 0.15) is 47.7 Å². The van der Waals surface area contributed by atoms with Gasteiger partial charge in [-0.05, 0) is 49.9 Å². The molecule has 0 radical (unpaired) electrons. The summed E-state index contributed by atoms with van der Waals surface area (Å²) in [6, 6.07) is 13.1. The molecule has 28 heavy (non-hydrogen) atoms. The molecule has 0 unspecified atom stereocenters. The third-order valence-electron chi connectivity index (χ3n) is 5.34. The lowest BCUT2D eigenvalue weighted by Gasteiger charge is -2.39. The van der Waals surface area contributed by atoms with Crippen LogP contribution in [0.25, 0.3) is 0 Å². The highest BCUT2D eigenvalue weighted by Crippen LogP contribution is 2.34. The minimum absolute atomic E-state index is 0.135. The van der Waals surface area contributed by atoms with Crippen LogP contribution in [0.5, 0.6) is 5.75 Å². The molecule has 1 aliphatic rings. The maximum Gasteiger partial charge on any atom is 0.338 e. The minimum atomic E-state index is -0.751. The number of rotatable bonds is 6. The van der Waals surface area contributed by atoms with Crippen LogP contribution in [0.2, 0.25) is 0 Å². The lowest BCUT2D eigenvalue weighted by Crippen LogP contribution is -2.45. The first-order valence-electron chi connectivity index (χ1n) is 9.93. The summed E-state index contributed by atoms with van der Waals surface area (Å²) in [5, 5.41) is 21.3. The van der Waals surface area contributed by atoms with E-state index < -0.39 is 5.60 Å². The van der Waals surface area contributed by atoms with E-state index in [4.69, 9.17) is 4.74 Å². The standard InChI is InChI=1S/C23H29NO4/c1-3-14-28-22(26)19-8-9-21(25)20(15-19)24-12-10-23(27,11-13-24)16-18-6-4-17(2)5-7-18/h4-9,15,25,27H,3,10-14,16H2,1-2H3. The normalized spacial score (nSPS) is 16.0. The summed E-state index contributed by atoms with van der Waals surface area (Å²) in [6.45, 7) is 5.61. The third-order valence-corrected chi connectivity index (χ3v) is 5.34. The number of esters is 1. The van der Waals surface area contributed by atoms with Gasteiger partial charge in [-0.1, -0.05) is 36.8 Å². The number of carbonyl (C=O) groups excluding carboxylic acids is 1. The largest absolute Gasteiger partial charge is 0.506 e. The van der Waals surface area contributed by atoms with E-state index in [1.165, 1.54) is 11.6 Å². The topological polar surface area (TPSA) is 70.0 Å². The van der Waals surface area contributed by atoms with Crippen LogP contribution >= 0.6 is 0 Å². The number of benzene rings is 2. The van der Waals surface area contributed by atoms with Crippen molar-refractivity contribution in [3.63, 3.8) is 0 Å². The summed E-state index contributed by atoms with van der Waals surface area (Å²) in [4.78, 5) is 14.1. The van der Waals surface area contributed by atoms with Crippen molar-refractivity contribution in [3.8, 4) is 5.75 Å². The molecule has 0 bridgehead atoms. The number of anilines is 1. The molecule has 0 aliphatic carbocycles. The number of aryl methyl sites for hydroxylation is 1. The van der Waals surface area contributed by atoms with Gasteiger partial charge in [-0.3, -0.25) is 0 Å². The Balaban J connectivity index is 1.67. The van der Waals surface area contributed by atoms with Gasteiger partial charge in [0.05, 0.1) is 23.5 Å². The number of phenols is 1. The quantitative estimate of drug-likeness (QED) is 0.742. The third kappa shape index (κ3) is 4.84. The van der Waals surface area contributed by atoms with Crippen molar-refractivity contribution in [3.05, 3.63) is 59.2 Å². The monoisotopic (exact) mass is 383 g/mol. The van der Waals surface area contributed by atoms with E-state index in [1.54, 1.807) is 12.1 Å². The van der Waals surface area contributed by atoms with Crippen molar-refractivity contribution < 1.29 is 19.7 Å². The number of ether oxygens (including phenoxy) is 1. The summed E-state index contributed by atoms with van der Waals surface area (Å²) in [7, 11) is 0. The van der Waals surface area contributed by atoms with E-state index in [-0.39, 0.29) is 11.7 Å². The number of aromatic hydroxyl groups is 1. The van der Waals surface area contributed by atoms with Gasteiger partial charge >= 0.3 is 5.97 Å². The van der Waals surface area contributed by atoms with Gasteiger partial charge in [0.2, 0.25) is 0 Å². The molecule has 2 aromatic rings. The van der Waals surface area contributed by atoms with Crippen LogP contribution in [-0.4, -0.2) is 41.5 Å². The minimum Gasteiger partial charge on any atom is -0.506 e. The SMILES string of the molecule is CCCOC(=O)c1ccc(O)c(N2CCC(O)(Cc3ccc(C)cc3)CC2)c1. The number of nitrogens with zero attached hydrogens (tertiary/aromatic N) is 1. The van der Waals surface area contributed by atoms with Crippen molar-refractivity contribution >= 4 is 11.7 Å². The summed E-state index contributed by atoms with van der Waals surface area (Å²) in [5.74, 6) is -0.244. The second-order valence-electron chi connectivity index (χ2n) is 7.71. The Morgan fingerprint density at radius 2 is 1.82 bits per heavy atom.